The zero-order valence-electron chi connectivity index (χ0n) is 15.2. The maximum Gasteiger partial charge on any atom is 0.306 e. The first-order chi connectivity index (χ1) is 11.9. The van der Waals surface area contributed by atoms with E-state index in [4.69, 9.17) is 4.74 Å². The number of nitrogens with zero attached hydrogens (tertiary/aromatic N) is 1. The molecular formula is C19H29NO4S. The molecule has 25 heavy (non-hydrogen) atoms. The Hall–Kier alpha value is -1.40. The van der Waals surface area contributed by atoms with Crippen molar-refractivity contribution in [1.29, 1.82) is 0 Å². The highest BCUT2D eigenvalue weighted by molar-refractivity contribution is 7.89. The topological polar surface area (TPSA) is 63.7 Å². The first-order valence-corrected chi connectivity index (χ1v) is 10.5. The quantitative estimate of drug-likeness (QED) is 0.657. The van der Waals surface area contributed by atoms with Crippen LogP contribution in [-0.2, 0) is 26.2 Å². The summed E-state index contributed by atoms with van der Waals surface area (Å²) in [6.45, 7) is 0.110. The van der Waals surface area contributed by atoms with Gasteiger partial charge in [0.15, 0.2) is 0 Å². The van der Waals surface area contributed by atoms with Gasteiger partial charge in [-0.1, -0.05) is 44.2 Å². The number of carbonyl (C=O) groups excluding carboxylic acids is 1. The second kappa shape index (κ2) is 9.34. The lowest BCUT2D eigenvalue weighted by Gasteiger charge is -2.20. The molecule has 1 aliphatic rings. The first-order valence-electron chi connectivity index (χ1n) is 9.06. The third-order valence-electron chi connectivity index (χ3n) is 4.79. The standard InChI is InChI=1S/C19H29NO4S/c1-20(2)25(22,23)18-12-6-11-17(14-18)15-24-19(21)13-7-10-16-8-4-3-5-9-16/h6,11-12,14,16H,3-5,7-10,13,15H2,1-2H3. The average molecular weight is 368 g/mol. The molecule has 1 aromatic carbocycles. The second-order valence-electron chi connectivity index (χ2n) is 6.99. The zero-order valence-corrected chi connectivity index (χ0v) is 16.1. The Morgan fingerprint density at radius 1 is 1.20 bits per heavy atom. The number of benzene rings is 1. The van der Waals surface area contributed by atoms with E-state index in [0.717, 1.165) is 18.8 Å². The van der Waals surface area contributed by atoms with E-state index in [0.29, 0.717) is 12.0 Å². The van der Waals surface area contributed by atoms with Crippen LogP contribution in [0.25, 0.3) is 0 Å². The van der Waals surface area contributed by atoms with E-state index in [1.807, 2.05) is 0 Å². The summed E-state index contributed by atoms with van der Waals surface area (Å²) >= 11 is 0. The number of hydrogen-bond donors (Lipinski definition) is 0. The number of carbonyl (C=O) groups is 1. The van der Waals surface area contributed by atoms with Gasteiger partial charge in [-0.05, 0) is 36.5 Å². The minimum Gasteiger partial charge on any atom is -0.461 e. The molecule has 5 nitrogen and oxygen atoms in total. The van der Waals surface area contributed by atoms with Crippen molar-refractivity contribution in [2.24, 2.45) is 5.92 Å². The molecule has 0 atom stereocenters. The number of esters is 1. The molecule has 1 saturated carbocycles. The predicted molar refractivity (Wildman–Crippen MR) is 97.5 cm³/mol. The van der Waals surface area contributed by atoms with E-state index in [9.17, 15) is 13.2 Å². The smallest absolute Gasteiger partial charge is 0.306 e. The molecule has 0 spiro atoms. The third-order valence-corrected chi connectivity index (χ3v) is 6.61. The van der Waals surface area contributed by atoms with Gasteiger partial charge in [0, 0.05) is 20.5 Å². The van der Waals surface area contributed by atoms with Crippen molar-refractivity contribution in [3.05, 3.63) is 29.8 Å². The van der Waals surface area contributed by atoms with Crippen LogP contribution in [0.4, 0.5) is 0 Å². The Labute approximate surface area is 151 Å². The van der Waals surface area contributed by atoms with E-state index in [-0.39, 0.29) is 17.5 Å². The van der Waals surface area contributed by atoms with Gasteiger partial charge in [-0.15, -0.1) is 0 Å². The molecule has 1 aliphatic carbocycles. The third kappa shape index (κ3) is 6.12. The normalized spacial score (nSPS) is 16.1. The highest BCUT2D eigenvalue weighted by Gasteiger charge is 2.17. The summed E-state index contributed by atoms with van der Waals surface area (Å²) in [6.07, 6.45) is 8.99. The van der Waals surface area contributed by atoms with E-state index in [1.165, 1.54) is 50.5 Å². The molecule has 0 saturated heterocycles. The van der Waals surface area contributed by atoms with Crippen LogP contribution in [0.3, 0.4) is 0 Å². The van der Waals surface area contributed by atoms with Crippen molar-refractivity contribution in [2.45, 2.75) is 62.9 Å². The van der Waals surface area contributed by atoms with Gasteiger partial charge in [-0.3, -0.25) is 4.79 Å². The molecule has 140 valence electrons. The molecule has 0 N–H and O–H groups in total. The summed E-state index contributed by atoms with van der Waals surface area (Å²) in [5.41, 5.74) is 0.684. The number of hydrogen-bond acceptors (Lipinski definition) is 4. The lowest BCUT2D eigenvalue weighted by Crippen LogP contribution is -2.22. The van der Waals surface area contributed by atoms with Gasteiger partial charge in [0.2, 0.25) is 10.0 Å². The largest absolute Gasteiger partial charge is 0.461 e. The Morgan fingerprint density at radius 3 is 2.60 bits per heavy atom. The van der Waals surface area contributed by atoms with Gasteiger partial charge < -0.3 is 4.74 Å². The summed E-state index contributed by atoms with van der Waals surface area (Å²) in [6, 6.07) is 6.54. The minimum atomic E-state index is -3.47. The minimum absolute atomic E-state index is 0.110. The molecule has 0 radical (unpaired) electrons. The van der Waals surface area contributed by atoms with Gasteiger partial charge in [0.25, 0.3) is 0 Å². The number of sulfonamides is 1. The van der Waals surface area contributed by atoms with Crippen LogP contribution in [0.1, 0.15) is 56.9 Å². The molecule has 0 bridgehead atoms. The summed E-state index contributed by atoms with van der Waals surface area (Å²) in [5, 5.41) is 0. The van der Waals surface area contributed by atoms with E-state index >= 15 is 0 Å². The van der Waals surface area contributed by atoms with Crippen LogP contribution in [0.5, 0.6) is 0 Å². The monoisotopic (exact) mass is 367 g/mol. The van der Waals surface area contributed by atoms with Crippen LogP contribution in [0.2, 0.25) is 0 Å². The Morgan fingerprint density at radius 2 is 1.92 bits per heavy atom. The molecule has 0 unspecified atom stereocenters. The summed E-state index contributed by atoms with van der Waals surface area (Å²) in [4.78, 5) is 12.1. The summed E-state index contributed by atoms with van der Waals surface area (Å²) in [5.74, 6) is 0.561. The number of rotatable bonds is 8. The van der Waals surface area contributed by atoms with Crippen LogP contribution in [-0.4, -0.2) is 32.8 Å². The van der Waals surface area contributed by atoms with Crippen LogP contribution in [0, 0.1) is 5.92 Å². The van der Waals surface area contributed by atoms with Crippen molar-refractivity contribution in [1.82, 2.24) is 4.31 Å². The molecule has 6 heteroatoms. The van der Waals surface area contributed by atoms with Crippen LogP contribution < -0.4 is 0 Å². The van der Waals surface area contributed by atoms with Crippen molar-refractivity contribution in [3.63, 3.8) is 0 Å². The van der Waals surface area contributed by atoms with Crippen molar-refractivity contribution in [2.75, 3.05) is 14.1 Å². The summed E-state index contributed by atoms with van der Waals surface area (Å²) < 4.78 is 30.7. The van der Waals surface area contributed by atoms with E-state index < -0.39 is 10.0 Å². The van der Waals surface area contributed by atoms with Gasteiger partial charge in [0.05, 0.1) is 4.90 Å². The Kier molecular flexibility index (Phi) is 7.44. The van der Waals surface area contributed by atoms with Crippen molar-refractivity contribution in [3.8, 4) is 0 Å². The fraction of sp³-hybridized carbons (Fsp3) is 0.632. The Balaban J connectivity index is 1.77. The first kappa shape index (κ1) is 19.9. The molecule has 0 aliphatic heterocycles. The van der Waals surface area contributed by atoms with E-state index in [2.05, 4.69) is 0 Å². The SMILES string of the molecule is CN(C)S(=O)(=O)c1cccc(COC(=O)CCCC2CCCCC2)c1. The Bertz CT molecular complexity index is 664. The molecule has 0 amide bonds. The van der Waals surface area contributed by atoms with Crippen molar-refractivity contribution >= 4 is 16.0 Å². The van der Waals surface area contributed by atoms with Gasteiger partial charge in [-0.25, -0.2) is 12.7 Å². The highest BCUT2D eigenvalue weighted by atomic mass is 32.2. The van der Waals surface area contributed by atoms with Crippen LogP contribution in [0.15, 0.2) is 29.2 Å². The number of ether oxygens (including phenoxy) is 1. The van der Waals surface area contributed by atoms with Gasteiger partial charge >= 0.3 is 5.97 Å². The maximum absolute atomic E-state index is 12.1. The molecule has 0 heterocycles. The van der Waals surface area contributed by atoms with Crippen LogP contribution >= 0.6 is 0 Å². The fourth-order valence-corrected chi connectivity index (χ4v) is 4.23. The molecule has 0 aromatic heterocycles. The van der Waals surface area contributed by atoms with Gasteiger partial charge in [0.1, 0.15) is 6.61 Å². The van der Waals surface area contributed by atoms with E-state index in [1.54, 1.807) is 24.3 Å². The zero-order chi connectivity index (χ0) is 18.3. The molecule has 1 fully saturated rings. The van der Waals surface area contributed by atoms with Crippen molar-refractivity contribution < 1.29 is 17.9 Å². The fourth-order valence-electron chi connectivity index (χ4n) is 3.25. The summed E-state index contributed by atoms with van der Waals surface area (Å²) in [7, 11) is -0.483. The maximum atomic E-state index is 12.1. The second-order valence-corrected chi connectivity index (χ2v) is 9.14. The average Bonchev–Trinajstić information content (AvgIpc) is 2.61. The highest BCUT2D eigenvalue weighted by Crippen LogP contribution is 2.27. The lowest BCUT2D eigenvalue weighted by molar-refractivity contribution is -0.145. The molecular weight excluding hydrogens is 338 g/mol. The van der Waals surface area contributed by atoms with Gasteiger partial charge in [-0.2, -0.15) is 0 Å². The lowest BCUT2D eigenvalue weighted by atomic mass is 9.86. The predicted octanol–water partition coefficient (Wildman–Crippen LogP) is 3.73. The molecule has 2 rings (SSSR count). The molecule has 1 aromatic rings.